The molecular formula is C13H22N4. The number of aromatic nitrogens is 2. The first kappa shape index (κ1) is 12.5. The van der Waals surface area contributed by atoms with Gasteiger partial charge < -0.3 is 5.32 Å². The zero-order chi connectivity index (χ0) is 12.1. The van der Waals surface area contributed by atoms with E-state index in [1.165, 1.54) is 19.3 Å². The predicted molar refractivity (Wildman–Crippen MR) is 68.7 cm³/mol. The van der Waals surface area contributed by atoms with Crippen LogP contribution in [0, 0.1) is 0 Å². The van der Waals surface area contributed by atoms with Crippen LogP contribution >= 0.6 is 0 Å². The van der Waals surface area contributed by atoms with Gasteiger partial charge in [0.2, 0.25) is 0 Å². The Labute approximate surface area is 103 Å². The average Bonchev–Trinajstić information content (AvgIpc) is 2.40. The monoisotopic (exact) mass is 234 g/mol. The SMILES string of the molecule is C[C@H](c1cnccn1)N(C)C[C@@H]1CCCCN1. The standard InChI is InChI=1S/C13H22N4/c1-11(13-9-14-7-8-16-13)17(2)10-12-5-3-4-6-15-12/h7-9,11-12,15H,3-6,10H2,1-2H3/t11-,12+/m1/s1. The summed E-state index contributed by atoms with van der Waals surface area (Å²) in [4.78, 5) is 10.9. The van der Waals surface area contributed by atoms with Crippen LogP contribution in [0.2, 0.25) is 0 Å². The smallest absolute Gasteiger partial charge is 0.0755 e. The Hall–Kier alpha value is -1.00. The maximum Gasteiger partial charge on any atom is 0.0755 e. The fourth-order valence-corrected chi connectivity index (χ4v) is 2.34. The Morgan fingerprint density at radius 2 is 2.35 bits per heavy atom. The van der Waals surface area contributed by atoms with Crippen molar-refractivity contribution in [2.24, 2.45) is 0 Å². The van der Waals surface area contributed by atoms with Gasteiger partial charge in [-0.1, -0.05) is 6.42 Å². The van der Waals surface area contributed by atoms with Crippen molar-refractivity contribution in [3.63, 3.8) is 0 Å². The Morgan fingerprint density at radius 3 is 3.00 bits per heavy atom. The van der Waals surface area contributed by atoms with Crippen LogP contribution in [-0.2, 0) is 0 Å². The van der Waals surface area contributed by atoms with Crippen LogP contribution in [0.5, 0.6) is 0 Å². The van der Waals surface area contributed by atoms with E-state index < -0.39 is 0 Å². The molecule has 1 N–H and O–H groups in total. The Kier molecular flexibility index (Phi) is 4.45. The topological polar surface area (TPSA) is 41.1 Å². The number of hydrogen-bond acceptors (Lipinski definition) is 4. The van der Waals surface area contributed by atoms with Gasteiger partial charge in [0.05, 0.1) is 11.7 Å². The molecule has 0 bridgehead atoms. The molecule has 17 heavy (non-hydrogen) atoms. The van der Waals surface area contributed by atoms with E-state index in [4.69, 9.17) is 0 Å². The molecule has 1 aliphatic heterocycles. The van der Waals surface area contributed by atoms with Crippen LogP contribution in [-0.4, -0.2) is 41.0 Å². The van der Waals surface area contributed by atoms with Crippen LogP contribution in [0.4, 0.5) is 0 Å². The molecule has 0 aromatic carbocycles. The zero-order valence-corrected chi connectivity index (χ0v) is 10.8. The molecule has 0 radical (unpaired) electrons. The molecule has 1 saturated heterocycles. The molecule has 1 fully saturated rings. The number of nitrogens with zero attached hydrogens (tertiary/aromatic N) is 3. The first-order valence-electron chi connectivity index (χ1n) is 6.47. The van der Waals surface area contributed by atoms with Gasteiger partial charge in [-0.15, -0.1) is 0 Å². The second-order valence-electron chi connectivity index (χ2n) is 4.89. The van der Waals surface area contributed by atoms with E-state index in [0.717, 1.165) is 18.8 Å². The van der Waals surface area contributed by atoms with Crippen LogP contribution in [0.15, 0.2) is 18.6 Å². The maximum absolute atomic E-state index is 4.37. The number of rotatable bonds is 4. The highest BCUT2D eigenvalue weighted by atomic mass is 15.2. The molecule has 0 spiro atoms. The summed E-state index contributed by atoms with van der Waals surface area (Å²) in [5.41, 5.74) is 1.05. The summed E-state index contributed by atoms with van der Waals surface area (Å²) in [7, 11) is 2.16. The fraction of sp³-hybridized carbons (Fsp3) is 0.692. The number of nitrogens with one attached hydrogen (secondary N) is 1. The van der Waals surface area contributed by atoms with Gasteiger partial charge in [0.1, 0.15) is 0 Å². The minimum atomic E-state index is 0.326. The molecule has 1 aliphatic rings. The second-order valence-corrected chi connectivity index (χ2v) is 4.89. The zero-order valence-electron chi connectivity index (χ0n) is 10.8. The molecule has 0 saturated carbocycles. The van der Waals surface area contributed by atoms with Gasteiger partial charge in [0.25, 0.3) is 0 Å². The van der Waals surface area contributed by atoms with Gasteiger partial charge >= 0.3 is 0 Å². The summed E-state index contributed by atoms with van der Waals surface area (Å²) in [6, 6.07) is 0.959. The van der Waals surface area contributed by atoms with Gasteiger partial charge in [-0.2, -0.15) is 0 Å². The number of piperidine rings is 1. The highest BCUT2D eigenvalue weighted by Gasteiger charge is 2.19. The third-order valence-corrected chi connectivity index (χ3v) is 3.59. The largest absolute Gasteiger partial charge is 0.313 e. The summed E-state index contributed by atoms with van der Waals surface area (Å²) in [5.74, 6) is 0. The summed E-state index contributed by atoms with van der Waals surface area (Å²) in [5, 5.41) is 3.58. The summed E-state index contributed by atoms with van der Waals surface area (Å²) in [6.45, 7) is 4.43. The van der Waals surface area contributed by atoms with Crippen molar-refractivity contribution in [2.45, 2.75) is 38.3 Å². The Balaban J connectivity index is 1.88. The highest BCUT2D eigenvalue weighted by molar-refractivity contribution is 5.01. The van der Waals surface area contributed by atoms with Crippen LogP contribution in [0.3, 0.4) is 0 Å². The Morgan fingerprint density at radius 1 is 1.47 bits per heavy atom. The first-order chi connectivity index (χ1) is 8.27. The first-order valence-corrected chi connectivity index (χ1v) is 6.47. The summed E-state index contributed by atoms with van der Waals surface area (Å²) in [6.07, 6.45) is 9.30. The van der Waals surface area contributed by atoms with Crippen molar-refractivity contribution >= 4 is 0 Å². The molecule has 0 aliphatic carbocycles. The van der Waals surface area contributed by atoms with E-state index in [0.29, 0.717) is 12.1 Å². The maximum atomic E-state index is 4.37. The lowest BCUT2D eigenvalue weighted by atomic mass is 10.0. The quantitative estimate of drug-likeness (QED) is 0.859. The molecule has 4 nitrogen and oxygen atoms in total. The molecular weight excluding hydrogens is 212 g/mol. The van der Waals surface area contributed by atoms with E-state index in [1.54, 1.807) is 12.4 Å². The number of hydrogen-bond donors (Lipinski definition) is 1. The third-order valence-electron chi connectivity index (χ3n) is 3.59. The van der Waals surface area contributed by atoms with Crippen molar-refractivity contribution in [1.82, 2.24) is 20.2 Å². The lowest BCUT2D eigenvalue weighted by molar-refractivity contribution is 0.211. The fourth-order valence-electron chi connectivity index (χ4n) is 2.34. The highest BCUT2D eigenvalue weighted by Crippen LogP contribution is 2.17. The van der Waals surface area contributed by atoms with Crippen molar-refractivity contribution < 1.29 is 0 Å². The molecule has 2 rings (SSSR count). The van der Waals surface area contributed by atoms with E-state index >= 15 is 0 Å². The van der Waals surface area contributed by atoms with E-state index in [-0.39, 0.29) is 0 Å². The molecule has 0 unspecified atom stereocenters. The van der Waals surface area contributed by atoms with Gasteiger partial charge in [-0.3, -0.25) is 14.9 Å². The van der Waals surface area contributed by atoms with Crippen LogP contribution in [0.1, 0.15) is 37.9 Å². The molecule has 1 aromatic heterocycles. The van der Waals surface area contributed by atoms with Crippen molar-refractivity contribution in [3.05, 3.63) is 24.3 Å². The van der Waals surface area contributed by atoms with Gasteiger partial charge in [-0.05, 0) is 33.4 Å². The predicted octanol–water partition coefficient (Wildman–Crippen LogP) is 1.61. The van der Waals surface area contributed by atoms with Crippen LogP contribution < -0.4 is 5.32 Å². The normalized spacial score (nSPS) is 22.6. The van der Waals surface area contributed by atoms with Crippen LogP contribution in [0.25, 0.3) is 0 Å². The van der Waals surface area contributed by atoms with E-state index in [2.05, 4.69) is 34.2 Å². The lowest BCUT2D eigenvalue weighted by Crippen LogP contribution is -2.43. The van der Waals surface area contributed by atoms with Crippen molar-refractivity contribution in [1.29, 1.82) is 0 Å². The molecule has 2 atom stereocenters. The molecule has 94 valence electrons. The molecule has 4 heteroatoms. The molecule has 2 heterocycles. The van der Waals surface area contributed by atoms with Crippen molar-refractivity contribution in [3.8, 4) is 0 Å². The molecule has 0 amide bonds. The van der Waals surface area contributed by atoms with E-state index in [1.807, 2.05) is 6.20 Å². The van der Waals surface area contributed by atoms with Crippen molar-refractivity contribution in [2.75, 3.05) is 20.1 Å². The minimum absolute atomic E-state index is 0.326. The van der Waals surface area contributed by atoms with Gasteiger partial charge in [0.15, 0.2) is 0 Å². The average molecular weight is 234 g/mol. The summed E-state index contributed by atoms with van der Waals surface area (Å²) < 4.78 is 0. The third kappa shape index (κ3) is 3.48. The van der Waals surface area contributed by atoms with E-state index in [9.17, 15) is 0 Å². The minimum Gasteiger partial charge on any atom is -0.313 e. The van der Waals surface area contributed by atoms with Gasteiger partial charge in [0, 0.05) is 31.2 Å². The Bertz CT molecular complexity index is 321. The second kappa shape index (κ2) is 6.07. The lowest BCUT2D eigenvalue weighted by Gasteiger charge is -2.31. The molecule has 1 aromatic rings. The summed E-state index contributed by atoms with van der Waals surface area (Å²) >= 11 is 0. The number of likely N-dealkylation sites (N-methyl/N-ethyl adjacent to an activating group) is 1. The van der Waals surface area contributed by atoms with Gasteiger partial charge in [-0.25, -0.2) is 0 Å².